The Kier molecular flexibility index (Phi) is 7.70. The standard InChI is InChI=1S/C16H24N2O4/c1-4-9-22-17-8-6-5-7-13-14(19)10-12(11-15(13)20)16(21)18(2)3/h4,7,12,17H,1,5-6,8-11H2,2-3H3. The zero-order valence-electron chi connectivity index (χ0n) is 13.3. The largest absolute Gasteiger partial charge is 0.349 e. The number of hydrogen-bond donors (Lipinski definition) is 1. The molecule has 22 heavy (non-hydrogen) atoms. The molecule has 0 aromatic heterocycles. The second-order valence-electron chi connectivity index (χ2n) is 5.44. The van der Waals surface area contributed by atoms with Gasteiger partial charge in [-0.1, -0.05) is 12.2 Å². The normalized spacial score (nSPS) is 18.3. The SMILES string of the molecule is C=CCONCCCC=C1C(=O)CC(C(=O)N(C)C)CC1=O. The molecule has 1 saturated carbocycles. The van der Waals surface area contributed by atoms with Gasteiger partial charge in [-0.05, 0) is 12.8 Å². The summed E-state index contributed by atoms with van der Waals surface area (Å²) in [4.78, 5) is 42.4. The number of hydroxylamine groups is 1. The van der Waals surface area contributed by atoms with Crippen molar-refractivity contribution >= 4 is 17.5 Å². The first-order valence-electron chi connectivity index (χ1n) is 7.40. The Labute approximate surface area is 131 Å². The van der Waals surface area contributed by atoms with Crippen LogP contribution in [0.3, 0.4) is 0 Å². The molecule has 0 heterocycles. The van der Waals surface area contributed by atoms with Gasteiger partial charge in [0.1, 0.15) is 0 Å². The number of nitrogens with zero attached hydrogens (tertiary/aromatic N) is 1. The lowest BCUT2D eigenvalue weighted by atomic mass is 9.82. The Morgan fingerprint density at radius 1 is 1.36 bits per heavy atom. The fourth-order valence-corrected chi connectivity index (χ4v) is 2.27. The fourth-order valence-electron chi connectivity index (χ4n) is 2.27. The van der Waals surface area contributed by atoms with E-state index in [0.717, 1.165) is 6.42 Å². The van der Waals surface area contributed by atoms with Gasteiger partial charge in [-0.3, -0.25) is 19.2 Å². The molecule has 1 aliphatic rings. The summed E-state index contributed by atoms with van der Waals surface area (Å²) in [7, 11) is 3.26. The average Bonchev–Trinajstić information content (AvgIpc) is 2.47. The van der Waals surface area contributed by atoms with E-state index >= 15 is 0 Å². The number of rotatable bonds is 8. The minimum absolute atomic E-state index is 0.120. The Morgan fingerprint density at radius 3 is 2.55 bits per heavy atom. The Hall–Kier alpha value is -1.79. The van der Waals surface area contributed by atoms with E-state index < -0.39 is 5.92 Å². The number of carbonyl (C=O) groups is 3. The van der Waals surface area contributed by atoms with Gasteiger partial charge in [0, 0.05) is 33.5 Å². The van der Waals surface area contributed by atoms with Crippen molar-refractivity contribution in [3.8, 4) is 0 Å². The highest BCUT2D eigenvalue weighted by Gasteiger charge is 2.34. The monoisotopic (exact) mass is 308 g/mol. The van der Waals surface area contributed by atoms with E-state index in [4.69, 9.17) is 4.84 Å². The summed E-state index contributed by atoms with van der Waals surface area (Å²) in [5.74, 6) is -1.13. The summed E-state index contributed by atoms with van der Waals surface area (Å²) < 4.78 is 0. The van der Waals surface area contributed by atoms with E-state index in [9.17, 15) is 14.4 Å². The molecule has 0 spiro atoms. The lowest BCUT2D eigenvalue weighted by Gasteiger charge is -2.23. The first kappa shape index (κ1) is 18.3. The molecule has 1 aliphatic carbocycles. The number of Topliss-reactive ketones (excluding diaryl/α,β-unsaturated/α-hetero) is 2. The molecule has 6 nitrogen and oxygen atoms in total. The fraction of sp³-hybridized carbons (Fsp3) is 0.562. The summed E-state index contributed by atoms with van der Waals surface area (Å²) in [6.07, 6.45) is 4.92. The molecule has 1 fully saturated rings. The second-order valence-corrected chi connectivity index (χ2v) is 5.44. The molecule has 6 heteroatoms. The molecular weight excluding hydrogens is 284 g/mol. The van der Waals surface area contributed by atoms with Gasteiger partial charge in [0.25, 0.3) is 0 Å². The van der Waals surface area contributed by atoms with Crippen molar-refractivity contribution in [1.29, 1.82) is 0 Å². The van der Waals surface area contributed by atoms with Crippen LogP contribution in [-0.4, -0.2) is 49.6 Å². The van der Waals surface area contributed by atoms with Gasteiger partial charge in [-0.15, -0.1) is 6.58 Å². The maximum absolute atomic E-state index is 12.0. The third-order valence-electron chi connectivity index (χ3n) is 3.39. The van der Waals surface area contributed by atoms with E-state index in [1.807, 2.05) is 0 Å². The lowest BCUT2D eigenvalue weighted by molar-refractivity contribution is -0.139. The topological polar surface area (TPSA) is 75.7 Å². The van der Waals surface area contributed by atoms with Gasteiger partial charge >= 0.3 is 0 Å². The number of allylic oxidation sites excluding steroid dienone is 2. The maximum atomic E-state index is 12.0. The number of hydrogen-bond acceptors (Lipinski definition) is 5. The highest BCUT2D eigenvalue weighted by Crippen LogP contribution is 2.24. The quantitative estimate of drug-likeness (QED) is 0.238. The molecule has 1 N–H and O–H groups in total. The highest BCUT2D eigenvalue weighted by atomic mass is 16.6. The smallest absolute Gasteiger partial charge is 0.226 e. The molecular formula is C16H24N2O4. The molecule has 0 radical (unpaired) electrons. The Morgan fingerprint density at radius 2 is 2.00 bits per heavy atom. The molecule has 1 rings (SSSR count). The van der Waals surface area contributed by atoms with Crippen LogP contribution in [0, 0.1) is 5.92 Å². The molecule has 0 bridgehead atoms. The highest BCUT2D eigenvalue weighted by molar-refractivity contribution is 6.23. The first-order chi connectivity index (χ1) is 10.5. The van der Waals surface area contributed by atoms with Crippen molar-refractivity contribution in [3.05, 3.63) is 24.3 Å². The minimum Gasteiger partial charge on any atom is -0.349 e. The summed E-state index contributed by atoms with van der Waals surface area (Å²) >= 11 is 0. The van der Waals surface area contributed by atoms with Crippen molar-refractivity contribution in [3.63, 3.8) is 0 Å². The van der Waals surface area contributed by atoms with Gasteiger partial charge in [-0.2, -0.15) is 0 Å². The summed E-state index contributed by atoms with van der Waals surface area (Å²) in [5.41, 5.74) is 3.01. The molecule has 0 aromatic carbocycles. The maximum Gasteiger partial charge on any atom is 0.226 e. The Balaban J connectivity index is 2.44. The van der Waals surface area contributed by atoms with Crippen LogP contribution >= 0.6 is 0 Å². The van der Waals surface area contributed by atoms with Gasteiger partial charge in [0.2, 0.25) is 5.91 Å². The van der Waals surface area contributed by atoms with E-state index in [1.165, 1.54) is 4.90 Å². The van der Waals surface area contributed by atoms with Crippen LogP contribution in [0.5, 0.6) is 0 Å². The van der Waals surface area contributed by atoms with Crippen LogP contribution in [0.25, 0.3) is 0 Å². The van der Waals surface area contributed by atoms with Crippen molar-refractivity contribution in [2.75, 3.05) is 27.2 Å². The summed E-state index contributed by atoms with van der Waals surface area (Å²) in [5, 5.41) is 0. The van der Waals surface area contributed by atoms with E-state index in [0.29, 0.717) is 19.6 Å². The second kappa shape index (κ2) is 9.27. The number of ketones is 2. The molecule has 1 amide bonds. The first-order valence-corrected chi connectivity index (χ1v) is 7.40. The van der Waals surface area contributed by atoms with Crippen LogP contribution in [0.4, 0.5) is 0 Å². The zero-order chi connectivity index (χ0) is 16.5. The molecule has 0 aromatic rings. The third-order valence-corrected chi connectivity index (χ3v) is 3.39. The zero-order valence-corrected chi connectivity index (χ0v) is 13.3. The van der Waals surface area contributed by atoms with Crippen LogP contribution in [0.1, 0.15) is 25.7 Å². The summed E-state index contributed by atoms with van der Waals surface area (Å²) in [6, 6.07) is 0. The summed E-state index contributed by atoms with van der Waals surface area (Å²) in [6.45, 7) is 4.58. The third kappa shape index (κ3) is 5.54. The number of amides is 1. The predicted octanol–water partition coefficient (Wildman–Crippen LogP) is 1.04. The average molecular weight is 308 g/mol. The van der Waals surface area contributed by atoms with Crippen molar-refractivity contribution < 1.29 is 19.2 Å². The van der Waals surface area contributed by atoms with Gasteiger partial charge in [0.15, 0.2) is 11.6 Å². The minimum atomic E-state index is -0.513. The molecule has 0 saturated heterocycles. The molecule has 0 unspecified atom stereocenters. The lowest BCUT2D eigenvalue weighted by Crippen LogP contribution is -2.37. The van der Waals surface area contributed by atoms with Crippen LogP contribution in [-0.2, 0) is 19.2 Å². The number of nitrogens with one attached hydrogen (secondary N) is 1. The van der Waals surface area contributed by atoms with Crippen LogP contribution < -0.4 is 5.48 Å². The van der Waals surface area contributed by atoms with E-state index in [2.05, 4.69) is 12.1 Å². The molecule has 0 atom stereocenters. The van der Waals surface area contributed by atoms with Gasteiger partial charge in [-0.25, -0.2) is 5.48 Å². The van der Waals surface area contributed by atoms with Crippen molar-refractivity contribution in [2.45, 2.75) is 25.7 Å². The molecule has 0 aliphatic heterocycles. The predicted molar refractivity (Wildman–Crippen MR) is 82.9 cm³/mol. The number of carbonyl (C=O) groups excluding carboxylic acids is 3. The van der Waals surface area contributed by atoms with Crippen molar-refractivity contribution in [1.82, 2.24) is 10.4 Å². The van der Waals surface area contributed by atoms with Crippen LogP contribution in [0.15, 0.2) is 24.3 Å². The van der Waals surface area contributed by atoms with E-state index in [1.54, 1.807) is 26.2 Å². The van der Waals surface area contributed by atoms with E-state index in [-0.39, 0.29) is 35.9 Å². The molecule has 122 valence electrons. The van der Waals surface area contributed by atoms with Gasteiger partial charge < -0.3 is 4.90 Å². The van der Waals surface area contributed by atoms with Crippen LogP contribution in [0.2, 0.25) is 0 Å². The van der Waals surface area contributed by atoms with Gasteiger partial charge in [0.05, 0.1) is 18.1 Å². The van der Waals surface area contributed by atoms with Crippen molar-refractivity contribution in [2.24, 2.45) is 5.92 Å². The number of unbranched alkanes of at least 4 members (excludes halogenated alkanes) is 1. The Bertz CT molecular complexity index is 449.